The van der Waals surface area contributed by atoms with Crippen LogP contribution in [0.25, 0.3) is 22.3 Å². The number of fused-ring (bicyclic) bond motifs is 1. The fraction of sp³-hybridized carbons (Fsp3) is 0.217. The monoisotopic (exact) mass is 415 g/mol. The maximum atomic E-state index is 13.2. The van der Waals surface area contributed by atoms with Crippen LogP contribution in [0.1, 0.15) is 45.6 Å². The lowest BCUT2D eigenvalue weighted by Crippen LogP contribution is -2.13. The molecule has 0 aliphatic heterocycles. The third-order valence-corrected chi connectivity index (χ3v) is 5.83. The number of amides is 1. The quantitative estimate of drug-likeness (QED) is 0.478. The minimum absolute atomic E-state index is 0.110. The Hall–Kier alpha value is -3.50. The summed E-state index contributed by atoms with van der Waals surface area (Å²) >= 11 is 1.71. The van der Waals surface area contributed by atoms with Gasteiger partial charge in [0.25, 0.3) is 5.91 Å². The molecule has 1 aromatic carbocycles. The van der Waals surface area contributed by atoms with Gasteiger partial charge in [0.15, 0.2) is 5.65 Å². The number of thiophene rings is 1. The first-order chi connectivity index (χ1) is 14.4. The van der Waals surface area contributed by atoms with Crippen molar-refractivity contribution >= 4 is 34.0 Å². The number of rotatable bonds is 4. The maximum absolute atomic E-state index is 13.2. The molecular formula is C23H21N5OS. The minimum atomic E-state index is -0.258. The summed E-state index contributed by atoms with van der Waals surface area (Å²) in [6.07, 6.45) is 1.69. The third kappa shape index (κ3) is 3.58. The molecule has 0 unspecified atom stereocenters. The van der Waals surface area contributed by atoms with Crippen LogP contribution in [0.15, 0.2) is 42.6 Å². The summed E-state index contributed by atoms with van der Waals surface area (Å²) in [5, 5.41) is 17.2. The summed E-state index contributed by atoms with van der Waals surface area (Å²) in [4.78, 5) is 20.4. The van der Waals surface area contributed by atoms with E-state index in [9.17, 15) is 4.79 Å². The molecule has 6 nitrogen and oxygen atoms in total. The van der Waals surface area contributed by atoms with Gasteiger partial charge in [-0.05, 0) is 58.0 Å². The molecule has 0 saturated carbocycles. The summed E-state index contributed by atoms with van der Waals surface area (Å²) in [5.74, 6) is -0.258. The first kappa shape index (κ1) is 19.8. The van der Waals surface area contributed by atoms with Crippen LogP contribution in [0.4, 0.5) is 5.69 Å². The van der Waals surface area contributed by atoms with Crippen molar-refractivity contribution < 1.29 is 4.79 Å². The molecular weight excluding hydrogens is 394 g/mol. The van der Waals surface area contributed by atoms with Gasteiger partial charge in [-0.2, -0.15) is 10.4 Å². The highest BCUT2D eigenvalue weighted by molar-refractivity contribution is 7.12. The highest BCUT2D eigenvalue weighted by Gasteiger charge is 2.20. The van der Waals surface area contributed by atoms with Crippen molar-refractivity contribution in [3.63, 3.8) is 0 Å². The van der Waals surface area contributed by atoms with Crippen LogP contribution in [0.5, 0.6) is 0 Å². The average molecular weight is 416 g/mol. The normalized spacial score (nSPS) is 11.1. The number of nitrogens with one attached hydrogen (secondary N) is 1. The zero-order valence-corrected chi connectivity index (χ0v) is 18.0. The molecule has 0 radical (unpaired) electrons. The Bertz CT molecular complexity index is 1310. The van der Waals surface area contributed by atoms with Crippen molar-refractivity contribution in [1.82, 2.24) is 14.8 Å². The molecule has 150 valence electrons. The number of carbonyl (C=O) groups excluding carboxylic acids is 1. The molecule has 0 aliphatic rings. The van der Waals surface area contributed by atoms with Crippen LogP contribution in [0.3, 0.4) is 0 Å². The van der Waals surface area contributed by atoms with Crippen molar-refractivity contribution in [2.24, 2.45) is 0 Å². The lowest BCUT2D eigenvalue weighted by Gasteiger charge is -2.11. The van der Waals surface area contributed by atoms with Gasteiger partial charge in [-0.3, -0.25) is 4.79 Å². The smallest absolute Gasteiger partial charge is 0.256 e. The molecule has 0 atom stereocenters. The second kappa shape index (κ2) is 7.73. The van der Waals surface area contributed by atoms with Crippen LogP contribution in [0.2, 0.25) is 0 Å². The Kier molecular flexibility index (Phi) is 5.10. The number of pyridine rings is 1. The molecule has 0 spiro atoms. The molecule has 0 fully saturated rings. The SMILES string of the molecule is Cc1cc(-c2cc(C(=O)Nc3cccc(C#N)c3)c3cnn(C(C)C)c3n2)c(C)s1. The fourth-order valence-electron chi connectivity index (χ4n) is 3.47. The first-order valence-corrected chi connectivity index (χ1v) is 10.5. The number of aromatic nitrogens is 3. The van der Waals surface area contributed by atoms with E-state index in [-0.39, 0.29) is 11.9 Å². The molecule has 3 heterocycles. The van der Waals surface area contributed by atoms with Gasteiger partial charge in [0.1, 0.15) is 0 Å². The van der Waals surface area contributed by atoms with Crippen molar-refractivity contribution in [2.45, 2.75) is 33.7 Å². The largest absolute Gasteiger partial charge is 0.322 e. The van der Waals surface area contributed by atoms with Crippen molar-refractivity contribution in [1.29, 1.82) is 5.26 Å². The van der Waals surface area contributed by atoms with Crippen LogP contribution < -0.4 is 5.32 Å². The first-order valence-electron chi connectivity index (χ1n) is 9.64. The second-order valence-corrected chi connectivity index (χ2v) is 8.91. The molecule has 7 heteroatoms. The topological polar surface area (TPSA) is 83.6 Å². The van der Waals surface area contributed by atoms with Gasteiger partial charge in [-0.25, -0.2) is 9.67 Å². The molecule has 0 saturated heterocycles. The van der Waals surface area contributed by atoms with Gasteiger partial charge < -0.3 is 5.32 Å². The van der Waals surface area contributed by atoms with Crippen molar-refractivity contribution in [2.75, 3.05) is 5.32 Å². The predicted molar refractivity (Wildman–Crippen MR) is 120 cm³/mol. The minimum Gasteiger partial charge on any atom is -0.322 e. The lowest BCUT2D eigenvalue weighted by molar-refractivity contribution is 0.102. The van der Waals surface area contributed by atoms with Crippen LogP contribution in [0, 0.1) is 25.2 Å². The van der Waals surface area contributed by atoms with E-state index in [1.165, 1.54) is 4.88 Å². The second-order valence-electron chi connectivity index (χ2n) is 7.45. The van der Waals surface area contributed by atoms with Gasteiger partial charge in [0.05, 0.1) is 34.5 Å². The molecule has 3 aromatic heterocycles. The van der Waals surface area contributed by atoms with E-state index in [2.05, 4.69) is 36.4 Å². The number of carbonyl (C=O) groups is 1. The Morgan fingerprint density at radius 2 is 2.03 bits per heavy atom. The molecule has 1 amide bonds. The van der Waals surface area contributed by atoms with Crippen molar-refractivity contribution in [3.05, 3.63) is 63.5 Å². The number of benzene rings is 1. The van der Waals surface area contributed by atoms with Crippen LogP contribution >= 0.6 is 11.3 Å². The van der Waals surface area contributed by atoms with E-state index < -0.39 is 0 Å². The summed E-state index contributed by atoms with van der Waals surface area (Å²) in [7, 11) is 0. The van der Waals surface area contributed by atoms with E-state index >= 15 is 0 Å². The highest BCUT2D eigenvalue weighted by atomic mass is 32.1. The van der Waals surface area contributed by atoms with E-state index in [1.807, 2.05) is 24.6 Å². The number of anilines is 1. The average Bonchev–Trinajstić information content (AvgIpc) is 3.29. The Morgan fingerprint density at radius 1 is 1.23 bits per heavy atom. The number of aryl methyl sites for hydroxylation is 2. The van der Waals surface area contributed by atoms with Crippen LogP contribution in [-0.2, 0) is 0 Å². The fourth-order valence-corrected chi connectivity index (χ4v) is 4.41. The zero-order chi connectivity index (χ0) is 21.4. The number of nitrogens with zero attached hydrogens (tertiary/aromatic N) is 4. The maximum Gasteiger partial charge on any atom is 0.256 e. The zero-order valence-electron chi connectivity index (χ0n) is 17.2. The molecule has 0 aliphatic carbocycles. The van der Waals surface area contributed by atoms with Gasteiger partial charge in [-0.15, -0.1) is 11.3 Å². The van der Waals surface area contributed by atoms with Gasteiger partial charge in [-0.1, -0.05) is 6.07 Å². The van der Waals surface area contributed by atoms with Gasteiger partial charge >= 0.3 is 0 Å². The van der Waals surface area contributed by atoms with Crippen molar-refractivity contribution in [3.8, 4) is 17.3 Å². The number of hydrogen-bond acceptors (Lipinski definition) is 5. The number of nitriles is 1. The molecule has 4 rings (SSSR count). The number of hydrogen-bond donors (Lipinski definition) is 1. The Balaban J connectivity index is 1.86. The van der Waals surface area contributed by atoms with Gasteiger partial charge in [0, 0.05) is 27.0 Å². The van der Waals surface area contributed by atoms with E-state index in [0.717, 1.165) is 16.1 Å². The summed E-state index contributed by atoms with van der Waals surface area (Å²) in [5.41, 5.74) is 4.03. The lowest BCUT2D eigenvalue weighted by atomic mass is 10.1. The van der Waals surface area contributed by atoms with E-state index in [0.29, 0.717) is 27.8 Å². The molecule has 0 bridgehead atoms. The molecule has 1 N–H and O–H groups in total. The Morgan fingerprint density at radius 3 is 2.70 bits per heavy atom. The van der Waals surface area contributed by atoms with E-state index in [1.54, 1.807) is 41.8 Å². The summed E-state index contributed by atoms with van der Waals surface area (Å²) < 4.78 is 1.83. The van der Waals surface area contributed by atoms with Crippen LogP contribution in [-0.4, -0.2) is 20.7 Å². The standard InChI is InChI=1S/C23H21N5OS/c1-13(2)28-22-20(12-25-28)19(10-21(27-22)18-8-14(3)30-15(18)4)23(29)26-17-7-5-6-16(9-17)11-24/h5-10,12-13H,1-4H3,(H,26,29). The molecule has 4 aromatic rings. The van der Waals surface area contributed by atoms with Gasteiger partial charge in [0.2, 0.25) is 0 Å². The predicted octanol–water partition coefficient (Wildman–Crippen LogP) is 5.48. The summed E-state index contributed by atoms with van der Waals surface area (Å²) in [6, 6.07) is 13.0. The molecule has 30 heavy (non-hydrogen) atoms. The summed E-state index contributed by atoms with van der Waals surface area (Å²) in [6.45, 7) is 8.20. The van der Waals surface area contributed by atoms with E-state index in [4.69, 9.17) is 10.2 Å². The highest BCUT2D eigenvalue weighted by Crippen LogP contribution is 2.32. The Labute approximate surface area is 178 Å². The third-order valence-electron chi connectivity index (χ3n) is 4.87.